The SMILES string of the molecule is O=C(NCc1ccn[nH]1)C1CSCCN1. The average molecular weight is 226 g/mol. The van der Waals surface area contributed by atoms with E-state index >= 15 is 0 Å². The number of carbonyl (C=O) groups is 1. The first kappa shape index (κ1) is 10.5. The van der Waals surface area contributed by atoms with Crippen LogP contribution >= 0.6 is 11.8 Å². The van der Waals surface area contributed by atoms with Crippen molar-refractivity contribution >= 4 is 17.7 Å². The number of hydrogen-bond acceptors (Lipinski definition) is 4. The van der Waals surface area contributed by atoms with Gasteiger partial charge in [0.1, 0.15) is 0 Å². The first-order valence-electron chi connectivity index (χ1n) is 4.93. The van der Waals surface area contributed by atoms with Gasteiger partial charge in [-0.1, -0.05) is 0 Å². The molecule has 0 spiro atoms. The summed E-state index contributed by atoms with van der Waals surface area (Å²) in [4.78, 5) is 11.7. The fourth-order valence-corrected chi connectivity index (χ4v) is 2.36. The third kappa shape index (κ3) is 2.97. The molecule has 3 N–H and O–H groups in total. The average Bonchev–Trinajstić information content (AvgIpc) is 2.80. The van der Waals surface area contributed by atoms with E-state index in [9.17, 15) is 4.79 Å². The molecule has 1 atom stereocenters. The minimum Gasteiger partial charge on any atom is -0.349 e. The molecule has 15 heavy (non-hydrogen) atoms. The lowest BCUT2D eigenvalue weighted by molar-refractivity contribution is -0.122. The lowest BCUT2D eigenvalue weighted by atomic mass is 10.3. The van der Waals surface area contributed by atoms with E-state index in [0.29, 0.717) is 6.54 Å². The van der Waals surface area contributed by atoms with E-state index in [2.05, 4.69) is 20.8 Å². The van der Waals surface area contributed by atoms with Crippen LogP contribution in [0.5, 0.6) is 0 Å². The third-order valence-electron chi connectivity index (χ3n) is 2.25. The molecule has 0 radical (unpaired) electrons. The van der Waals surface area contributed by atoms with Gasteiger partial charge in [0.25, 0.3) is 0 Å². The maximum atomic E-state index is 11.7. The molecule has 82 valence electrons. The zero-order valence-corrected chi connectivity index (χ0v) is 9.14. The first-order chi connectivity index (χ1) is 7.36. The molecular weight excluding hydrogens is 212 g/mol. The summed E-state index contributed by atoms with van der Waals surface area (Å²) < 4.78 is 0. The molecule has 6 heteroatoms. The number of H-pyrrole nitrogens is 1. The van der Waals surface area contributed by atoms with E-state index in [1.807, 2.05) is 17.8 Å². The summed E-state index contributed by atoms with van der Waals surface area (Å²) in [6.07, 6.45) is 1.68. The maximum absolute atomic E-state index is 11.7. The molecule has 1 saturated heterocycles. The molecule has 1 aliphatic heterocycles. The monoisotopic (exact) mass is 226 g/mol. The predicted molar refractivity (Wildman–Crippen MR) is 59.6 cm³/mol. The fourth-order valence-electron chi connectivity index (χ4n) is 1.42. The van der Waals surface area contributed by atoms with Crippen LogP contribution in [0, 0.1) is 0 Å². The van der Waals surface area contributed by atoms with Gasteiger partial charge in [0.2, 0.25) is 5.91 Å². The van der Waals surface area contributed by atoms with Crippen molar-refractivity contribution in [2.45, 2.75) is 12.6 Å². The van der Waals surface area contributed by atoms with Crippen molar-refractivity contribution in [3.63, 3.8) is 0 Å². The normalized spacial score (nSPS) is 21.2. The van der Waals surface area contributed by atoms with Gasteiger partial charge < -0.3 is 10.6 Å². The van der Waals surface area contributed by atoms with Gasteiger partial charge in [-0.2, -0.15) is 16.9 Å². The summed E-state index contributed by atoms with van der Waals surface area (Å²) in [5.74, 6) is 2.01. The Bertz CT molecular complexity index is 308. The number of carbonyl (C=O) groups excluding carboxylic acids is 1. The van der Waals surface area contributed by atoms with Crippen LogP contribution in [0.2, 0.25) is 0 Å². The van der Waals surface area contributed by atoms with Crippen LogP contribution in [0.25, 0.3) is 0 Å². The number of aromatic amines is 1. The number of aromatic nitrogens is 2. The van der Waals surface area contributed by atoms with E-state index in [1.165, 1.54) is 0 Å². The van der Waals surface area contributed by atoms with Gasteiger partial charge in [-0.15, -0.1) is 0 Å². The second kappa shape index (κ2) is 5.18. The quantitative estimate of drug-likeness (QED) is 0.663. The molecule has 1 aromatic heterocycles. The minimum absolute atomic E-state index is 0.0494. The molecule has 0 bridgehead atoms. The number of thioether (sulfide) groups is 1. The van der Waals surface area contributed by atoms with Gasteiger partial charge in [0.05, 0.1) is 18.3 Å². The zero-order chi connectivity index (χ0) is 10.5. The highest BCUT2D eigenvalue weighted by Crippen LogP contribution is 2.07. The van der Waals surface area contributed by atoms with Crippen molar-refractivity contribution in [3.05, 3.63) is 18.0 Å². The standard InChI is InChI=1S/C9H14N4OS/c14-9(8-6-15-4-3-10-8)11-5-7-1-2-12-13-7/h1-2,8,10H,3-6H2,(H,11,14)(H,12,13). The Morgan fingerprint density at radius 2 is 2.67 bits per heavy atom. The van der Waals surface area contributed by atoms with E-state index in [4.69, 9.17) is 0 Å². The summed E-state index contributed by atoms with van der Waals surface area (Å²) in [5.41, 5.74) is 0.923. The number of amides is 1. The van der Waals surface area contributed by atoms with Crippen LogP contribution in [0.15, 0.2) is 12.3 Å². The molecule has 1 aliphatic rings. The van der Waals surface area contributed by atoms with Crippen LogP contribution in [0.3, 0.4) is 0 Å². The Hall–Kier alpha value is -1.01. The number of nitrogens with one attached hydrogen (secondary N) is 3. The molecule has 0 aliphatic carbocycles. The number of hydrogen-bond donors (Lipinski definition) is 3. The van der Waals surface area contributed by atoms with Crippen LogP contribution in [0.1, 0.15) is 5.69 Å². The molecule has 1 fully saturated rings. The molecule has 1 amide bonds. The van der Waals surface area contributed by atoms with Gasteiger partial charge in [0, 0.05) is 24.2 Å². The molecule has 1 unspecified atom stereocenters. The smallest absolute Gasteiger partial charge is 0.238 e. The van der Waals surface area contributed by atoms with E-state index in [0.717, 1.165) is 23.7 Å². The van der Waals surface area contributed by atoms with Gasteiger partial charge in [0.15, 0.2) is 0 Å². The van der Waals surface area contributed by atoms with Crippen LogP contribution in [-0.2, 0) is 11.3 Å². The molecule has 0 aromatic carbocycles. The van der Waals surface area contributed by atoms with Gasteiger partial charge in [-0.3, -0.25) is 9.89 Å². The van der Waals surface area contributed by atoms with Crippen molar-refractivity contribution in [3.8, 4) is 0 Å². The minimum atomic E-state index is -0.0494. The summed E-state index contributed by atoms with van der Waals surface area (Å²) in [6, 6.07) is 1.80. The van der Waals surface area contributed by atoms with Crippen LogP contribution in [-0.4, -0.2) is 40.2 Å². The van der Waals surface area contributed by atoms with Crippen molar-refractivity contribution in [2.75, 3.05) is 18.1 Å². The Kier molecular flexibility index (Phi) is 3.63. The lowest BCUT2D eigenvalue weighted by Crippen LogP contribution is -2.48. The highest BCUT2D eigenvalue weighted by Gasteiger charge is 2.20. The van der Waals surface area contributed by atoms with E-state index in [-0.39, 0.29) is 11.9 Å². The van der Waals surface area contributed by atoms with Crippen molar-refractivity contribution in [2.24, 2.45) is 0 Å². The Balaban J connectivity index is 1.76. The summed E-state index contributed by atoms with van der Waals surface area (Å²) in [6.45, 7) is 1.43. The van der Waals surface area contributed by atoms with Gasteiger partial charge in [-0.25, -0.2) is 0 Å². The van der Waals surface area contributed by atoms with Crippen LogP contribution in [0.4, 0.5) is 0 Å². The fraction of sp³-hybridized carbons (Fsp3) is 0.556. The Morgan fingerprint density at radius 1 is 1.73 bits per heavy atom. The van der Waals surface area contributed by atoms with Gasteiger partial charge in [-0.05, 0) is 6.07 Å². The lowest BCUT2D eigenvalue weighted by Gasteiger charge is -2.21. The summed E-state index contributed by atoms with van der Waals surface area (Å²) >= 11 is 1.81. The molecule has 0 saturated carbocycles. The molecule has 5 nitrogen and oxygen atoms in total. The third-order valence-corrected chi connectivity index (χ3v) is 3.31. The Labute approximate surface area is 92.4 Å². The van der Waals surface area contributed by atoms with Crippen molar-refractivity contribution in [1.82, 2.24) is 20.8 Å². The van der Waals surface area contributed by atoms with E-state index < -0.39 is 0 Å². The topological polar surface area (TPSA) is 69.8 Å². The second-order valence-electron chi connectivity index (χ2n) is 3.38. The highest BCUT2D eigenvalue weighted by molar-refractivity contribution is 7.99. The van der Waals surface area contributed by atoms with Crippen LogP contribution < -0.4 is 10.6 Å². The number of rotatable bonds is 3. The molecular formula is C9H14N4OS. The van der Waals surface area contributed by atoms with E-state index in [1.54, 1.807) is 6.20 Å². The summed E-state index contributed by atoms with van der Waals surface area (Å²) in [5, 5.41) is 12.7. The van der Waals surface area contributed by atoms with Crippen molar-refractivity contribution < 1.29 is 4.79 Å². The number of nitrogens with zero attached hydrogens (tertiary/aromatic N) is 1. The molecule has 2 heterocycles. The van der Waals surface area contributed by atoms with Crippen molar-refractivity contribution in [1.29, 1.82) is 0 Å². The predicted octanol–water partition coefficient (Wildman–Crippen LogP) is -0.269. The summed E-state index contributed by atoms with van der Waals surface area (Å²) in [7, 11) is 0. The Morgan fingerprint density at radius 3 is 3.33 bits per heavy atom. The highest BCUT2D eigenvalue weighted by atomic mass is 32.2. The molecule has 2 rings (SSSR count). The zero-order valence-electron chi connectivity index (χ0n) is 8.32. The maximum Gasteiger partial charge on any atom is 0.238 e. The first-order valence-corrected chi connectivity index (χ1v) is 6.09. The molecule has 1 aromatic rings. The second-order valence-corrected chi connectivity index (χ2v) is 4.53. The largest absolute Gasteiger partial charge is 0.349 e. The van der Waals surface area contributed by atoms with Gasteiger partial charge >= 0.3 is 0 Å².